The van der Waals surface area contributed by atoms with Gasteiger partial charge in [-0.15, -0.1) is 0 Å². The number of nitrogen functional groups attached to an aromatic ring is 1. The number of aromatic nitrogens is 4. The number of rotatable bonds is 6. The van der Waals surface area contributed by atoms with Crippen molar-refractivity contribution in [3.8, 4) is 0 Å². The molecule has 0 spiro atoms. The first-order valence-electron chi connectivity index (χ1n) is 10.6. The normalized spacial score (nSPS) is 21.6. The Morgan fingerprint density at radius 2 is 1.93 bits per heavy atom. The van der Waals surface area contributed by atoms with Gasteiger partial charge in [0.05, 0.1) is 12.7 Å². The minimum absolute atomic E-state index is 0.00633. The molecular weight excluding hydrogens is 382 g/mol. The largest absolute Gasteiger partial charge is 0.394 e. The molecule has 5 rings (SSSR count). The molecule has 2 atom stereocenters. The van der Waals surface area contributed by atoms with Crippen LogP contribution in [0.5, 0.6) is 0 Å². The average Bonchev–Trinajstić information content (AvgIpc) is 3.52. The lowest BCUT2D eigenvalue weighted by Gasteiger charge is -2.19. The average molecular weight is 409 g/mol. The maximum absolute atomic E-state index is 9.45. The Balaban J connectivity index is 1.38. The van der Waals surface area contributed by atoms with Gasteiger partial charge in [0.2, 0.25) is 5.95 Å². The van der Waals surface area contributed by atoms with Crippen LogP contribution in [0.3, 0.4) is 0 Å². The van der Waals surface area contributed by atoms with E-state index in [1.807, 2.05) is 4.57 Å². The standard InChI is InChI=1S/C21H27N7O2/c22-19-18-20(25-13-24-19)28(17-8-7-16(12-29)30-17)21(26-18)23-11-14-3-5-15(6-4-14)27-9-1-2-10-27/h3-6,13,16-17,29H,1-2,7-12H2,(H,23,26)(H2,22,24,25)/t16-,17+/m0/s1. The fourth-order valence-corrected chi connectivity index (χ4v) is 4.32. The zero-order valence-corrected chi connectivity index (χ0v) is 16.9. The summed E-state index contributed by atoms with van der Waals surface area (Å²) in [6.07, 6.45) is 5.13. The van der Waals surface area contributed by atoms with Crippen LogP contribution in [0, 0.1) is 0 Å². The third kappa shape index (κ3) is 3.54. The summed E-state index contributed by atoms with van der Waals surface area (Å²) in [5, 5.41) is 12.9. The first kappa shape index (κ1) is 19.1. The van der Waals surface area contributed by atoms with E-state index in [-0.39, 0.29) is 18.9 Å². The Morgan fingerprint density at radius 1 is 1.13 bits per heavy atom. The van der Waals surface area contributed by atoms with Gasteiger partial charge in [-0.25, -0.2) is 15.0 Å². The molecule has 9 nitrogen and oxygen atoms in total. The van der Waals surface area contributed by atoms with Crippen LogP contribution in [0.15, 0.2) is 30.6 Å². The minimum Gasteiger partial charge on any atom is -0.394 e. The second-order valence-corrected chi connectivity index (χ2v) is 7.92. The van der Waals surface area contributed by atoms with Gasteiger partial charge in [0.25, 0.3) is 0 Å². The molecule has 1 aromatic carbocycles. The highest BCUT2D eigenvalue weighted by Crippen LogP contribution is 2.34. The number of anilines is 3. The van der Waals surface area contributed by atoms with Crippen LogP contribution in [0.2, 0.25) is 0 Å². The van der Waals surface area contributed by atoms with Crippen molar-refractivity contribution in [2.75, 3.05) is 35.6 Å². The van der Waals surface area contributed by atoms with E-state index in [2.05, 4.69) is 49.4 Å². The van der Waals surface area contributed by atoms with Crippen LogP contribution in [-0.2, 0) is 11.3 Å². The number of hydrogen-bond acceptors (Lipinski definition) is 8. The zero-order chi connectivity index (χ0) is 20.5. The monoisotopic (exact) mass is 409 g/mol. The van der Waals surface area contributed by atoms with E-state index in [1.165, 1.54) is 24.9 Å². The third-order valence-corrected chi connectivity index (χ3v) is 5.94. The predicted molar refractivity (Wildman–Crippen MR) is 115 cm³/mol. The maximum Gasteiger partial charge on any atom is 0.207 e. The molecule has 4 N–H and O–H groups in total. The quantitative estimate of drug-likeness (QED) is 0.568. The molecule has 2 fully saturated rings. The number of nitrogens with one attached hydrogen (secondary N) is 1. The lowest BCUT2D eigenvalue weighted by atomic mass is 10.2. The zero-order valence-electron chi connectivity index (χ0n) is 16.9. The molecule has 0 radical (unpaired) electrons. The van der Waals surface area contributed by atoms with Crippen LogP contribution in [0.1, 0.15) is 37.5 Å². The number of ether oxygens (including phenoxy) is 1. The predicted octanol–water partition coefficient (Wildman–Crippen LogP) is 2.29. The van der Waals surface area contributed by atoms with Gasteiger partial charge in [-0.2, -0.15) is 0 Å². The topological polar surface area (TPSA) is 114 Å². The number of aliphatic hydroxyl groups excluding tert-OH is 1. The van der Waals surface area contributed by atoms with E-state index in [0.29, 0.717) is 29.5 Å². The SMILES string of the molecule is Nc1ncnc2c1nc(NCc1ccc(N3CCCC3)cc1)n2[C@H]1CC[C@@H](CO)O1. The summed E-state index contributed by atoms with van der Waals surface area (Å²) >= 11 is 0. The van der Waals surface area contributed by atoms with Gasteiger partial charge in [-0.1, -0.05) is 12.1 Å². The molecule has 0 unspecified atom stereocenters. The molecular formula is C21H27N7O2. The van der Waals surface area contributed by atoms with E-state index >= 15 is 0 Å². The number of nitrogens with zero attached hydrogens (tertiary/aromatic N) is 5. The molecule has 3 aromatic rings. The lowest BCUT2D eigenvalue weighted by Crippen LogP contribution is -2.17. The van der Waals surface area contributed by atoms with E-state index in [9.17, 15) is 5.11 Å². The van der Waals surface area contributed by atoms with Crippen molar-refractivity contribution in [3.05, 3.63) is 36.2 Å². The summed E-state index contributed by atoms with van der Waals surface area (Å²) in [6.45, 7) is 2.90. The molecule has 2 aliphatic heterocycles. The smallest absolute Gasteiger partial charge is 0.207 e. The molecule has 0 bridgehead atoms. The van der Waals surface area contributed by atoms with Gasteiger partial charge < -0.3 is 25.8 Å². The Kier molecular flexibility index (Phi) is 5.14. The molecule has 158 valence electrons. The van der Waals surface area contributed by atoms with Crippen molar-refractivity contribution < 1.29 is 9.84 Å². The highest BCUT2D eigenvalue weighted by atomic mass is 16.5. The van der Waals surface area contributed by atoms with Crippen molar-refractivity contribution in [3.63, 3.8) is 0 Å². The second kappa shape index (κ2) is 8.08. The van der Waals surface area contributed by atoms with Crippen molar-refractivity contribution >= 4 is 28.6 Å². The van der Waals surface area contributed by atoms with Crippen molar-refractivity contribution in [1.29, 1.82) is 0 Å². The van der Waals surface area contributed by atoms with Crippen LogP contribution in [0.4, 0.5) is 17.5 Å². The number of fused-ring (bicyclic) bond motifs is 1. The van der Waals surface area contributed by atoms with Gasteiger partial charge in [0.15, 0.2) is 17.0 Å². The lowest BCUT2D eigenvalue weighted by molar-refractivity contribution is -0.0197. The van der Waals surface area contributed by atoms with E-state index in [4.69, 9.17) is 10.5 Å². The Morgan fingerprint density at radius 3 is 2.67 bits per heavy atom. The highest BCUT2D eigenvalue weighted by Gasteiger charge is 2.30. The van der Waals surface area contributed by atoms with Crippen molar-refractivity contribution in [2.24, 2.45) is 0 Å². The summed E-state index contributed by atoms with van der Waals surface area (Å²) in [5.41, 5.74) is 9.67. The fraction of sp³-hybridized carbons (Fsp3) is 0.476. The number of imidazole rings is 1. The molecule has 9 heteroatoms. The van der Waals surface area contributed by atoms with Crippen molar-refractivity contribution in [2.45, 2.75) is 44.6 Å². The Hall–Kier alpha value is -2.91. The summed E-state index contributed by atoms with van der Waals surface area (Å²) in [5.74, 6) is 0.984. The molecule has 0 saturated carbocycles. The van der Waals surface area contributed by atoms with Gasteiger partial charge in [-0.3, -0.25) is 4.57 Å². The van der Waals surface area contributed by atoms with Crippen LogP contribution >= 0.6 is 0 Å². The van der Waals surface area contributed by atoms with E-state index < -0.39 is 0 Å². The molecule has 0 amide bonds. The summed E-state index contributed by atoms with van der Waals surface area (Å²) in [7, 11) is 0. The fourth-order valence-electron chi connectivity index (χ4n) is 4.32. The first-order chi connectivity index (χ1) is 14.7. The highest BCUT2D eigenvalue weighted by molar-refractivity contribution is 5.84. The van der Waals surface area contributed by atoms with Gasteiger partial charge in [0.1, 0.15) is 12.6 Å². The minimum atomic E-state index is -0.249. The van der Waals surface area contributed by atoms with E-state index in [0.717, 1.165) is 31.5 Å². The van der Waals surface area contributed by atoms with Gasteiger partial charge in [-0.05, 0) is 43.4 Å². The summed E-state index contributed by atoms with van der Waals surface area (Å²) < 4.78 is 7.93. The van der Waals surface area contributed by atoms with Crippen molar-refractivity contribution in [1.82, 2.24) is 19.5 Å². The summed E-state index contributed by atoms with van der Waals surface area (Å²) in [6, 6.07) is 8.66. The molecule has 4 heterocycles. The Labute approximate surface area is 174 Å². The first-order valence-corrected chi connectivity index (χ1v) is 10.6. The number of aliphatic hydroxyl groups is 1. The third-order valence-electron chi connectivity index (χ3n) is 5.94. The second-order valence-electron chi connectivity index (χ2n) is 7.92. The summed E-state index contributed by atoms with van der Waals surface area (Å²) in [4.78, 5) is 15.5. The Bertz CT molecular complexity index is 1010. The number of hydrogen-bond donors (Lipinski definition) is 3. The van der Waals surface area contributed by atoms with Crippen LogP contribution < -0.4 is 16.0 Å². The number of nitrogens with two attached hydrogens (primary N) is 1. The molecule has 0 aliphatic carbocycles. The number of benzene rings is 1. The van der Waals surface area contributed by atoms with Gasteiger partial charge >= 0.3 is 0 Å². The molecule has 2 aromatic heterocycles. The molecule has 2 saturated heterocycles. The van der Waals surface area contributed by atoms with E-state index in [1.54, 1.807) is 0 Å². The maximum atomic E-state index is 9.45. The molecule has 30 heavy (non-hydrogen) atoms. The van der Waals surface area contributed by atoms with Gasteiger partial charge in [0, 0.05) is 25.3 Å². The van der Waals surface area contributed by atoms with Crippen LogP contribution in [0.25, 0.3) is 11.2 Å². The van der Waals surface area contributed by atoms with Crippen LogP contribution in [-0.4, -0.2) is 50.4 Å². The molecule has 2 aliphatic rings.